The first-order valence-electron chi connectivity index (χ1n) is 9.23. The molecule has 2 aliphatic carbocycles. The van der Waals surface area contributed by atoms with Gasteiger partial charge in [0.2, 0.25) is 5.91 Å². The fourth-order valence-electron chi connectivity index (χ4n) is 5.04. The molecule has 0 bridgehead atoms. The van der Waals surface area contributed by atoms with Gasteiger partial charge < -0.3 is 4.90 Å². The van der Waals surface area contributed by atoms with Crippen molar-refractivity contribution >= 4 is 5.91 Å². The lowest BCUT2D eigenvalue weighted by Gasteiger charge is -2.39. The summed E-state index contributed by atoms with van der Waals surface area (Å²) in [6, 6.07) is 2.53. The monoisotopic (exact) mass is 351 g/mol. The Morgan fingerprint density at radius 2 is 1.72 bits per heavy atom. The third kappa shape index (κ3) is 2.67. The smallest absolute Gasteiger partial charge is 0.229 e. The molecule has 1 aliphatic heterocycles. The summed E-state index contributed by atoms with van der Waals surface area (Å²) >= 11 is 0. The third-order valence-corrected chi connectivity index (χ3v) is 6.41. The van der Waals surface area contributed by atoms with Crippen molar-refractivity contribution in [3.05, 3.63) is 35.4 Å². The van der Waals surface area contributed by atoms with E-state index in [1.165, 1.54) is 12.1 Å². The minimum atomic E-state index is -1.07. The standard InChI is InChI=1S/C20H24F3NO/c1-20(2)15-4-3-5-16(23)18(15)24(19(20)25)17(11-6-7-11)12-8-13(21)10-14(22)9-12/h8-11,15-18H,3-7H2,1-2H3/t15-,16?,17+,18?/m0/s1. The number of halogens is 3. The van der Waals surface area contributed by atoms with Crippen LogP contribution in [-0.4, -0.2) is 23.0 Å². The van der Waals surface area contributed by atoms with Gasteiger partial charge in [0.1, 0.15) is 17.8 Å². The van der Waals surface area contributed by atoms with Gasteiger partial charge in [-0.25, -0.2) is 13.2 Å². The molecule has 2 nitrogen and oxygen atoms in total. The lowest BCUT2D eigenvalue weighted by Crippen LogP contribution is -2.46. The predicted octanol–water partition coefficient (Wildman–Crippen LogP) is 4.79. The van der Waals surface area contributed by atoms with Crippen molar-refractivity contribution in [2.75, 3.05) is 0 Å². The van der Waals surface area contributed by atoms with Crippen LogP contribution in [0.3, 0.4) is 0 Å². The van der Waals surface area contributed by atoms with Crippen LogP contribution in [0.5, 0.6) is 0 Å². The average molecular weight is 351 g/mol. The third-order valence-electron chi connectivity index (χ3n) is 6.41. The topological polar surface area (TPSA) is 20.3 Å². The highest BCUT2D eigenvalue weighted by molar-refractivity contribution is 5.86. The maximum atomic E-state index is 14.9. The first-order chi connectivity index (χ1) is 11.8. The molecule has 5 heteroatoms. The average Bonchev–Trinajstić information content (AvgIpc) is 3.32. The largest absolute Gasteiger partial charge is 0.329 e. The number of amides is 1. The normalized spacial score (nSPS) is 32.6. The highest BCUT2D eigenvalue weighted by Crippen LogP contribution is 2.55. The van der Waals surface area contributed by atoms with Gasteiger partial charge in [0, 0.05) is 11.5 Å². The maximum Gasteiger partial charge on any atom is 0.229 e. The summed E-state index contributed by atoms with van der Waals surface area (Å²) in [5.74, 6) is -1.25. The zero-order valence-corrected chi connectivity index (χ0v) is 14.6. The first kappa shape index (κ1) is 16.9. The predicted molar refractivity (Wildman–Crippen MR) is 88.5 cm³/mol. The Balaban J connectivity index is 1.79. The second kappa shape index (κ2) is 5.75. The van der Waals surface area contributed by atoms with Gasteiger partial charge in [-0.2, -0.15) is 0 Å². The molecule has 2 unspecified atom stereocenters. The van der Waals surface area contributed by atoms with Gasteiger partial charge in [-0.15, -0.1) is 0 Å². The molecule has 0 spiro atoms. The lowest BCUT2D eigenvalue weighted by atomic mass is 9.71. The fraction of sp³-hybridized carbons (Fsp3) is 0.650. The molecule has 1 aromatic carbocycles. The van der Waals surface area contributed by atoms with Crippen LogP contribution in [0.25, 0.3) is 0 Å². The number of alkyl halides is 1. The van der Waals surface area contributed by atoms with Crippen LogP contribution in [-0.2, 0) is 4.79 Å². The molecule has 0 radical (unpaired) electrons. The summed E-state index contributed by atoms with van der Waals surface area (Å²) in [5, 5.41) is 0. The number of hydrogen-bond donors (Lipinski definition) is 0. The number of rotatable bonds is 3. The highest BCUT2D eigenvalue weighted by Gasteiger charge is 2.60. The number of fused-ring (bicyclic) bond motifs is 1. The van der Waals surface area contributed by atoms with E-state index in [2.05, 4.69) is 0 Å². The number of carbonyl (C=O) groups is 1. The number of carbonyl (C=O) groups excluding carboxylic acids is 1. The molecule has 2 saturated carbocycles. The molecule has 1 saturated heterocycles. The molecule has 1 amide bonds. The molecule has 136 valence electrons. The lowest BCUT2D eigenvalue weighted by molar-refractivity contribution is -0.139. The Morgan fingerprint density at radius 3 is 2.32 bits per heavy atom. The Labute approximate surface area is 146 Å². The molecule has 3 aliphatic rings. The summed E-state index contributed by atoms with van der Waals surface area (Å²) in [5.41, 5.74) is -0.170. The van der Waals surface area contributed by atoms with Crippen molar-refractivity contribution < 1.29 is 18.0 Å². The second-order valence-corrected chi connectivity index (χ2v) is 8.46. The van der Waals surface area contributed by atoms with E-state index in [-0.39, 0.29) is 17.7 Å². The zero-order valence-electron chi connectivity index (χ0n) is 14.6. The van der Waals surface area contributed by atoms with Crippen molar-refractivity contribution in [1.29, 1.82) is 0 Å². The summed E-state index contributed by atoms with van der Waals surface area (Å²) < 4.78 is 42.5. The van der Waals surface area contributed by atoms with Gasteiger partial charge in [-0.05, 0) is 55.2 Å². The van der Waals surface area contributed by atoms with Gasteiger partial charge in [-0.1, -0.05) is 20.3 Å². The minimum absolute atomic E-state index is 0.0385. The SMILES string of the molecule is CC1(C)C(=O)N([C@@H](c2cc(F)cc(F)c2)C2CC2)C2C(F)CCC[C@@H]21. The van der Waals surface area contributed by atoms with Crippen molar-refractivity contribution in [3.8, 4) is 0 Å². The Kier molecular flexibility index (Phi) is 3.89. The van der Waals surface area contributed by atoms with Crippen LogP contribution in [0.4, 0.5) is 13.2 Å². The fourth-order valence-corrected chi connectivity index (χ4v) is 5.04. The van der Waals surface area contributed by atoms with Gasteiger partial charge in [0.15, 0.2) is 0 Å². The maximum absolute atomic E-state index is 14.9. The van der Waals surface area contributed by atoms with E-state index < -0.39 is 35.3 Å². The Morgan fingerprint density at radius 1 is 1.08 bits per heavy atom. The molecule has 1 heterocycles. The summed E-state index contributed by atoms with van der Waals surface area (Å²) in [6.45, 7) is 3.78. The van der Waals surface area contributed by atoms with Crippen LogP contribution in [0.2, 0.25) is 0 Å². The van der Waals surface area contributed by atoms with Crippen LogP contribution in [0.15, 0.2) is 18.2 Å². The van der Waals surface area contributed by atoms with E-state index >= 15 is 0 Å². The van der Waals surface area contributed by atoms with Crippen LogP contribution in [0, 0.1) is 28.9 Å². The van der Waals surface area contributed by atoms with E-state index in [1.807, 2.05) is 13.8 Å². The van der Waals surface area contributed by atoms with Gasteiger partial charge >= 0.3 is 0 Å². The molecule has 4 rings (SSSR count). The van der Waals surface area contributed by atoms with Gasteiger partial charge in [0.25, 0.3) is 0 Å². The molecular formula is C20H24F3NO. The number of hydrogen-bond acceptors (Lipinski definition) is 1. The van der Waals surface area contributed by atoms with E-state index in [0.29, 0.717) is 12.0 Å². The Bertz CT molecular complexity index is 680. The molecule has 0 aromatic heterocycles. The number of nitrogens with zero attached hydrogens (tertiary/aromatic N) is 1. The van der Waals surface area contributed by atoms with E-state index in [4.69, 9.17) is 0 Å². The van der Waals surface area contributed by atoms with Gasteiger partial charge in [-0.3, -0.25) is 4.79 Å². The molecule has 25 heavy (non-hydrogen) atoms. The van der Waals surface area contributed by atoms with Crippen molar-refractivity contribution in [2.45, 2.75) is 64.2 Å². The van der Waals surface area contributed by atoms with Crippen molar-refractivity contribution in [2.24, 2.45) is 17.3 Å². The van der Waals surface area contributed by atoms with Gasteiger partial charge in [0.05, 0.1) is 12.1 Å². The quantitative estimate of drug-likeness (QED) is 0.767. The summed E-state index contributed by atoms with van der Waals surface area (Å²) in [4.78, 5) is 14.9. The van der Waals surface area contributed by atoms with E-state index in [0.717, 1.165) is 31.7 Å². The minimum Gasteiger partial charge on any atom is -0.329 e. The van der Waals surface area contributed by atoms with Crippen LogP contribution < -0.4 is 0 Å². The summed E-state index contributed by atoms with van der Waals surface area (Å²) in [6.07, 6.45) is 2.81. The number of benzene rings is 1. The summed E-state index contributed by atoms with van der Waals surface area (Å²) in [7, 11) is 0. The number of likely N-dealkylation sites (tertiary alicyclic amines) is 1. The highest BCUT2D eigenvalue weighted by atomic mass is 19.1. The molecule has 3 fully saturated rings. The zero-order chi connectivity index (χ0) is 17.9. The van der Waals surface area contributed by atoms with Crippen LogP contribution >= 0.6 is 0 Å². The Hall–Kier alpha value is -1.52. The first-order valence-corrected chi connectivity index (χ1v) is 9.23. The van der Waals surface area contributed by atoms with E-state index in [1.54, 1.807) is 4.90 Å². The molecule has 1 aromatic rings. The van der Waals surface area contributed by atoms with E-state index in [9.17, 15) is 18.0 Å². The van der Waals surface area contributed by atoms with Crippen LogP contribution in [0.1, 0.15) is 57.6 Å². The molecule has 0 N–H and O–H groups in total. The van der Waals surface area contributed by atoms with Crippen molar-refractivity contribution in [3.63, 3.8) is 0 Å². The molecular weight excluding hydrogens is 327 g/mol. The van der Waals surface area contributed by atoms with Crippen molar-refractivity contribution in [1.82, 2.24) is 4.90 Å². The second-order valence-electron chi connectivity index (χ2n) is 8.46. The molecule has 4 atom stereocenters.